The minimum atomic E-state index is -0.842. The molecule has 0 aromatic carbocycles. The Balaban J connectivity index is 1.62. The summed E-state index contributed by atoms with van der Waals surface area (Å²) in [6.07, 6.45) is 6.34. The Kier molecular flexibility index (Phi) is 3.22. The second-order valence-electron chi connectivity index (χ2n) is 6.71. The van der Waals surface area contributed by atoms with Crippen molar-refractivity contribution >= 4 is 17.5 Å². The van der Waals surface area contributed by atoms with Gasteiger partial charge in [-0.1, -0.05) is 6.42 Å². The first-order valence-corrected chi connectivity index (χ1v) is 8.10. The molecule has 1 aliphatic heterocycles. The van der Waals surface area contributed by atoms with Crippen molar-refractivity contribution in [1.29, 1.82) is 0 Å². The Bertz CT molecular complexity index is 882. The van der Waals surface area contributed by atoms with E-state index in [9.17, 15) is 19.5 Å². The van der Waals surface area contributed by atoms with Crippen molar-refractivity contribution in [2.24, 2.45) is 11.3 Å². The molecule has 8 nitrogen and oxygen atoms in total. The van der Waals surface area contributed by atoms with E-state index in [0.717, 1.165) is 19.3 Å². The molecule has 24 heavy (non-hydrogen) atoms. The Hall–Kier alpha value is -2.64. The molecule has 2 aromatic heterocycles. The summed E-state index contributed by atoms with van der Waals surface area (Å²) in [5, 5.41) is 9.72. The van der Waals surface area contributed by atoms with E-state index in [4.69, 9.17) is 0 Å². The SMILES string of the molecule is O=C(c1cc2nccn2c(=O)[nH]1)N1CCC(C(=O)O)(C2CCC2)C1. The lowest BCUT2D eigenvalue weighted by molar-refractivity contribution is -0.153. The number of carbonyl (C=O) groups is 2. The van der Waals surface area contributed by atoms with Crippen molar-refractivity contribution < 1.29 is 14.7 Å². The van der Waals surface area contributed by atoms with Crippen molar-refractivity contribution in [3.63, 3.8) is 0 Å². The maximum atomic E-state index is 12.7. The molecule has 3 heterocycles. The molecule has 1 saturated carbocycles. The number of aliphatic carboxylic acids is 1. The summed E-state index contributed by atoms with van der Waals surface area (Å²) in [4.78, 5) is 44.7. The third kappa shape index (κ3) is 2.05. The van der Waals surface area contributed by atoms with Gasteiger partial charge in [0.2, 0.25) is 0 Å². The second kappa shape index (κ2) is 5.19. The zero-order chi connectivity index (χ0) is 16.9. The Labute approximate surface area is 137 Å². The van der Waals surface area contributed by atoms with Crippen LogP contribution in [-0.2, 0) is 4.79 Å². The fourth-order valence-electron chi connectivity index (χ4n) is 3.87. The number of carboxylic acid groups (broad SMARTS) is 1. The zero-order valence-electron chi connectivity index (χ0n) is 13.1. The number of fused-ring (bicyclic) bond motifs is 1. The summed E-state index contributed by atoms with van der Waals surface area (Å²) < 4.78 is 1.32. The van der Waals surface area contributed by atoms with Gasteiger partial charge in [-0.05, 0) is 25.2 Å². The van der Waals surface area contributed by atoms with E-state index in [1.807, 2.05) is 0 Å². The summed E-state index contributed by atoms with van der Waals surface area (Å²) in [6.45, 7) is 0.594. The number of nitrogens with zero attached hydrogens (tertiary/aromatic N) is 3. The van der Waals surface area contributed by atoms with E-state index >= 15 is 0 Å². The van der Waals surface area contributed by atoms with Gasteiger partial charge in [-0.15, -0.1) is 0 Å². The van der Waals surface area contributed by atoms with Crippen molar-refractivity contribution in [3.05, 3.63) is 34.6 Å². The second-order valence-corrected chi connectivity index (χ2v) is 6.71. The molecular weight excluding hydrogens is 312 g/mol. The molecule has 1 amide bonds. The van der Waals surface area contributed by atoms with Crippen LogP contribution in [0.1, 0.15) is 36.2 Å². The number of aromatic nitrogens is 3. The van der Waals surface area contributed by atoms with Crippen LogP contribution in [0.4, 0.5) is 0 Å². The molecule has 2 aliphatic rings. The largest absolute Gasteiger partial charge is 0.481 e. The molecular formula is C16H18N4O4. The molecule has 1 unspecified atom stereocenters. The first-order chi connectivity index (χ1) is 11.5. The molecule has 8 heteroatoms. The van der Waals surface area contributed by atoms with E-state index in [-0.39, 0.29) is 24.1 Å². The number of likely N-dealkylation sites (tertiary alicyclic amines) is 1. The van der Waals surface area contributed by atoms with Gasteiger partial charge in [-0.3, -0.25) is 14.0 Å². The third-order valence-electron chi connectivity index (χ3n) is 5.53. The van der Waals surface area contributed by atoms with Gasteiger partial charge in [0.05, 0.1) is 5.41 Å². The maximum absolute atomic E-state index is 12.7. The zero-order valence-corrected chi connectivity index (χ0v) is 13.1. The normalized spacial score (nSPS) is 24.2. The van der Waals surface area contributed by atoms with Crippen molar-refractivity contribution in [1.82, 2.24) is 19.3 Å². The van der Waals surface area contributed by atoms with Crippen LogP contribution >= 0.6 is 0 Å². The molecule has 4 rings (SSSR count). The van der Waals surface area contributed by atoms with Crippen LogP contribution in [0.3, 0.4) is 0 Å². The average molecular weight is 330 g/mol. The maximum Gasteiger partial charge on any atom is 0.331 e. The molecule has 0 radical (unpaired) electrons. The van der Waals surface area contributed by atoms with Gasteiger partial charge in [0.15, 0.2) is 0 Å². The lowest BCUT2D eigenvalue weighted by Gasteiger charge is -2.39. The number of aromatic amines is 1. The number of imidazole rings is 1. The fraction of sp³-hybridized carbons (Fsp3) is 0.500. The highest BCUT2D eigenvalue weighted by molar-refractivity contribution is 5.94. The minimum absolute atomic E-state index is 0.140. The molecule has 1 saturated heterocycles. The Morgan fingerprint density at radius 1 is 1.38 bits per heavy atom. The lowest BCUT2D eigenvalue weighted by Crippen LogP contribution is -2.45. The highest BCUT2D eigenvalue weighted by Crippen LogP contribution is 2.48. The fourth-order valence-corrected chi connectivity index (χ4v) is 3.87. The molecule has 2 N–H and O–H groups in total. The number of amides is 1. The molecule has 1 atom stereocenters. The molecule has 1 aliphatic carbocycles. The van der Waals surface area contributed by atoms with Crippen molar-refractivity contribution in [2.45, 2.75) is 25.7 Å². The lowest BCUT2D eigenvalue weighted by atomic mass is 9.64. The third-order valence-corrected chi connectivity index (χ3v) is 5.53. The predicted octanol–water partition coefficient (Wildman–Crippen LogP) is 0.740. The number of nitrogens with one attached hydrogen (secondary N) is 1. The number of carboxylic acids is 1. The molecule has 0 bridgehead atoms. The minimum Gasteiger partial charge on any atom is -0.481 e. The first kappa shape index (κ1) is 14.9. The van der Waals surface area contributed by atoms with E-state index in [1.165, 1.54) is 27.8 Å². The Morgan fingerprint density at radius 2 is 2.17 bits per heavy atom. The summed E-state index contributed by atoms with van der Waals surface area (Å²) in [6, 6.07) is 1.52. The van der Waals surface area contributed by atoms with Gasteiger partial charge in [-0.25, -0.2) is 9.78 Å². The number of hydrogen-bond donors (Lipinski definition) is 2. The molecule has 126 valence electrons. The van der Waals surface area contributed by atoms with Gasteiger partial charge in [0.25, 0.3) is 5.91 Å². The number of H-pyrrole nitrogens is 1. The average Bonchev–Trinajstić information content (AvgIpc) is 3.12. The molecule has 0 spiro atoms. The van der Waals surface area contributed by atoms with E-state index < -0.39 is 17.1 Å². The van der Waals surface area contributed by atoms with E-state index in [1.54, 1.807) is 0 Å². The quantitative estimate of drug-likeness (QED) is 0.863. The van der Waals surface area contributed by atoms with Gasteiger partial charge in [0.1, 0.15) is 11.3 Å². The van der Waals surface area contributed by atoms with Gasteiger partial charge in [0, 0.05) is 31.5 Å². The summed E-state index contributed by atoms with van der Waals surface area (Å²) in [7, 11) is 0. The van der Waals surface area contributed by atoms with Crippen LogP contribution in [0.5, 0.6) is 0 Å². The summed E-state index contributed by atoms with van der Waals surface area (Å²) in [5.41, 5.74) is -0.736. The summed E-state index contributed by atoms with van der Waals surface area (Å²) >= 11 is 0. The van der Waals surface area contributed by atoms with Crippen LogP contribution in [0.25, 0.3) is 5.65 Å². The number of rotatable bonds is 3. The van der Waals surface area contributed by atoms with Crippen LogP contribution in [0, 0.1) is 11.3 Å². The molecule has 2 aromatic rings. The monoisotopic (exact) mass is 330 g/mol. The predicted molar refractivity (Wildman–Crippen MR) is 83.7 cm³/mol. The van der Waals surface area contributed by atoms with Gasteiger partial charge in [-0.2, -0.15) is 0 Å². The van der Waals surface area contributed by atoms with Crippen molar-refractivity contribution in [3.8, 4) is 0 Å². The number of carbonyl (C=O) groups excluding carboxylic acids is 1. The van der Waals surface area contributed by atoms with E-state index in [2.05, 4.69) is 9.97 Å². The van der Waals surface area contributed by atoms with Gasteiger partial charge < -0.3 is 15.0 Å². The van der Waals surface area contributed by atoms with Crippen LogP contribution in [-0.4, -0.2) is 49.3 Å². The smallest absolute Gasteiger partial charge is 0.331 e. The topological polar surface area (TPSA) is 108 Å². The van der Waals surface area contributed by atoms with Crippen LogP contribution < -0.4 is 5.69 Å². The molecule has 2 fully saturated rings. The number of hydrogen-bond acceptors (Lipinski definition) is 4. The van der Waals surface area contributed by atoms with Crippen molar-refractivity contribution in [2.75, 3.05) is 13.1 Å². The van der Waals surface area contributed by atoms with Crippen LogP contribution in [0.2, 0.25) is 0 Å². The Morgan fingerprint density at radius 3 is 2.83 bits per heavy atom. The van der Waals surface area contributed by atoms with Gasteiger partial charge >= 0.3 is 11.7 Å². The van der Waals surface area contributed by atoms with Crippen LogP contribution in [0.15, 0.2) is 23.3 Å². The summed E-state index contributed by atoms with van der Waals surface area (Å²) in [5.74, 6) is -1.03. The van der Waals surface area contributed by atoms with E-state index in [0.29, 0.717) is 18.6 Å². The standard InChI is InChI=1S/C16H18N4O4/c21-13(11-8-12-17-5-7-20(12)15(24)18-11)19-6-4-16(9-19,14(22)23)10-2-1-3-10/h5,7-8,10H,1-4,6,9H2,(H,18,24)(H,22,23). The highest BCUT2D eigenvalue weighted by Gasteiger charge is 2.53. The first-order valence-electron chi connectivity index (χ1n) is 8.10. The highest BCUT2D eigenvalue weighted by atomic mass is 16.4.